The van der Waals surface area contributed by atoms with E-state index in [1.807, 2.05) is 24.3 Å². The van der Waals surface area contributed by atoms with Gasteiger partial charge < -0.3 is 16.0 Å². The highest BCUT2D eigenvalue weighted by Gasteiger charge is 2.08. The van der Waals surface area contributed by atoms with Crippen molar-refractivity contribution in [3.05, 3.63) is 70.7 Å². The van der Waals surface area contributed by atoms with Gasteiger partial charge in [0.1, 0.15) is 6.54 Å². The number of thiophene rings is 1. The van der Waals surface area contributed by atoms with Crippen LogP contribution in [0.25, 0.3) is 0 Å². The summed E-state index contributed by atoms with van der Waals surface area (Å²) >= 11 is 1.77. The molecule has 0 aliphatic carbocycles. The third kappa shape index (κ3) is 7.45. The maximum Gasteiger partial charge on any atom is 0.246 e. The van der Waals surface area contributed by atoms with Gasteiger partial charge in [0.15, 0.2) is 5.96 Å². The number of anilines is 1. The fourth-order valence-corrected chi connectivity index (χ4v) is 3.62. The van der Waals surface area contributed by atoms with Gasteiger partial charge >= 0.3 is 0 Å². The molecule has 0 spiro atoms. The molecule has 1 atom stereocenters. The molecule has 30 heavy (non-hydrogen) atoms. The van der Waals surface area contributed by atoms with Crippen LogP contribution in [-0.2, 0) is 17.9 Å². The first-order valence-electron chi connectivity index (χ1n) is 9.48. The molecular weight excluding hydrogens is 511 g/mol. The summed E-state index contributed by atoms with van der Waals surface area (Å²) in [6.45, 7) is 3.80. The fraction of sp³-hybridized carbons (Fsp3) is 0.286. The van der Waals surface area contributed by atoms with Gasteiger partial charge in [-0.3, -0.25) is 14.5 Å². The largest absolute Gasteiger partial charge is 0.356 e. The smallest absolute Gasteiger partial charge is 0.246 e. The Morgan fingerprint density at radius 2 is 2.10 bits per heavy atom. The quantitative estimate of drug-likeness (QED) is 0.232. The van der Waals surface area contributed by atoms with Crippen LogP contribution in [-0.4, -0.2) is 35.2 Å². The minimum atomic E-state index is -0.112. The second-order valence-electron chi connectivity index (χ2n) is 6.68. The summed E-state index contributed by atoms with van der Waals surface area (Å²) in [4.78, 5) is 17.8. The lowest BCUT2D eigenvalue weighted by atomic mass is 10.1. The van der Waals surface area contributed by atoms with E-state index >= 15 is 0 Å². The predicted molar refractivity (Wildman–Crippen MR) is 134 cm³/mol. The molecule has 0 saturated carbocycles. The van der Waals surface area contributed by atoms with E-state index < -0.39 is 0 Å². The number of hydrogen-bond donors (Lipinski definition) is 3. The molecule has 1 aromatic carbocycles. The highest BCUT2D eigenvalue weighted by atomic mass is 127. The maximum absolute atomic E-state index is 12.1. The van der Waals surface area contributed by atoms with Crippen molar-refractivity contribution in [1.82, 2.24) is 20.4 Å². The van der Waals surface area contributed by atoms with Crippen LogP contribution >= 0.6 is 35.3 Å². The van der Waals surface area contributed by atoms with Gasteiger partial charge in [-0.2, -0.15) is 5.10 Å². The Balaban J connectivity index is 0.00000320. The molecule has 2 aromatic heterocycles. The number of carbonyl (C=O) groups excluding carboxylic acids is 1. The second-order valence-corrected chi connectivity index (χ2v) is 7.65. The number of hydrogen-bond acceptors (Lipinski definition) is 4. The van der Waals surface area contributed by atoms with Crippen LogP contribution in [0.15, 0.2) is 65.2 Å². The van der Waals surface area contributed by atoms with Crippen LogP contribution < -0.4 is 16.0 Å². The maximum atomic E-state index is 12.1. The Morgan fingerprint density at radius 1 is 1.23 bits per heavy atom. The zero-order chi connectivity index (χ0) is 20.5. The molecule has 1 amide bonds. The van der Waals surface area contributed by atoms with Crippen LogP contribution in [0.1, 0.15) is 23.3 Å². The molecule has 0 saturated heterocycles. The van der Waals surface area contributed by atoms with Crippen molar-refractivity contribution in [1.29, 1.82) is 0 Å². The highest BCUT2D eigenvalue weighted by Crippen LogP contribution is 2.19. The Labute approximate surface area is 198 Å². The standard InChI is InChI=1S/C21H26N6OS.HI/c1-16(19-8-4-11-29-19)13-23-21(22-2)24-14-17-6-3-7-18(12-17)26-20(28)15-27-10-5-9-25-27;/h3-12,16H,13-15H2,1-2H3,(H,26,28)(H2,22,23,24);1H. The molecular formula is C21H27IN6OS. The lowest BCUT2D eigenvalue weighted by Gasteiger charge is -2.15. The van der Waals surface area contributed by atoms with Crippen LogP contribution in [0.2, 0.25) is 0 Å². The van der Waals surface area contributed by atoms with Gasteiger partial charge in [-0.1, -0.05) is 25.1 Å². The molecule has 3 N–H and O–H groups in total. The predicted octanol–water partition coefficient (Wildman–Crippen LogP) is 3.67. The first kappa shape index (κ1) is 23.9. The van der Waals surface area contributed by atoms with Crippen molar-refractivity contribution >= 4 is 52.9 Å². The Morgan fingerprint density at radius 3 is 2.80 bits per heavy atom. The molecule has 7 nitrogen and oxygen atoms in total. The molecule has 9 heteroatoms. The SMILES string of the molecule is CN=C(NCc1cccc(NC(=O)Cn2cccn2)c1)NCC(C)c1cccs1.I. The Kier molecular flexibility index (Phi) is 9.81. The minimum absolute atomic E-state index is 0. The summed E-state index contributed by atoms with van der Waals surface area (Å²) in [5.74, 6) is 1.06. The number of rotatable bonds is 8. The van der Waals surface area contributed by atoms with E-state index in [1.165, 1.54) is 4.88 Å². The van der Waals surface area contributed by atoms with Gasteiger partial charge in [0.05, 0.1) is 0 Å². The van der Waals surface area contributed by atoms with Crippen molar-refractivity contribution in [2.45, 2.75) is 25.9 Å². The van der Waals surface area contributed by atoms with E-state index in [9.17, 15) is 4.79 Å². The second kappa shape index (κ2) is 12.3. The normalized spacial score (nSPS) is 12.0. The lowest BCUT2D eigenvalue weighted by molar-refractivity contribution is -0.116. The number of benzene rings is 1. The van der Waals surface area contributed by atoms with Crippen LogP contribution in [0.3, 0.4) is 0 Å². The topological polar surface area (TPSA) is 83.3 Å². The molecule has 0 aliphatic rings. The molecule has 3 rings (SSSR count). The van der Waals surface area contributed by atoms with Crippen LogP contribution in [0.4, 0.5) is 5.69 Å². The number of nitrogens with one attached hydrogen (secondary N) is 3. The number of carbonyl (C=O) groups is 1. The molecule has 0 radical (unpaired) electrons. The number of amides is 1. The van der Waals surface area contributed by atoms with E-state index in [-0.39, 0.29) is 36.4 Å². The minimum Gasteiger partial charge on any atom is -0.356 e. The molecule has 0 bridgehead atoms. The Bertz CT molecular complexity index is 927. The highest BCUT2D eigenvalue weighted by molar-refractivity contribution is 14.0. The van der Waals surface area contributed by atoms with Gasteiger partial charge in [0, 0.05) is 49.0 Å². The van der Waals surface area contributed by atoms with E-state index in [0.717, 1.165) is 23.8 Å². The zero-order valence-electron chi connectivity index (χ0n) is 17.0. The number of nitrogens with zero attached hydrogens (tertiary/aromatic N) is 3. The molecule has 1 unspecified atom stereocenters. The average molecular weight is 538 g/mol. The monoisotopic (exact) mass is 538 g/mol. The van der Waals surface area contributed by atoms with Crippen molar-refractivity contribution in [2.75, 3.05) is 18.9 Å². The number of aliphatic imine (C=N–C) groups is 1. The van der Waals surface area contributed by atoms with Gasteiger partial charge in [0.2, 0.25) is 5.91 Å². The fourth-order valence-electron chi connectivity index (χ4n) is 2.83. The molecule has 2 heterocycles. The summed E-state index contributed by atoms with van der Waals surface area (Å²) < 4.78 is 1.59. The third-order valence-electron chi connectivity index (χ3n) is 4.36. The summed E-state index contributed by atoms with van der Waals surface area (Å²) in [5, 5.41) is 15.7. The summed E-state index contributed by atoms with van der Waals surface area (Å²) in [6, 6.07) is 13.8. The third-order valence-corrected chi connectivity index (χ3v) is 5.47. The van der Waals surface area contributed by atoms with Crippen molar-refractivity contribution < 1.29 is 4.79 Å². The number of guanidine groups is 1. The summed E-state index contributed by atoms with van der Waals surface area (Å²) in [6.07, 6.45) is 3.42. The number of aromatic nitrogens is 2. The van der Waals surface area contributed by atoms with Crippen LogP contribution in [0, 0.1) is 0 Å². The molecule has 0 fully saturated rings. The van der Waals surface area contributed by atoms with E-state index in [1.54, 1.807) is 41.5 Å². The molecule has 3 aromatic rings. The summed E-state index contributed by atoms with van der Waals surface area (Å²) in [5.41, 5.74) is 1.81. The van der Waals surface area contributed by atoms with Crippen molar-refractivity contribution in [3.8, 4) is 0 Å². The molecule has 160 valence electrons. The molecule has 0 aliphatic heterocycles. The first-order valence-corrected chi connectivity index (χ1v) is 10.4. The first-order chi connectivity index (χ1) is 14.1. The van der Waals surface area contributed by atoms with E-state index in [4.69, 9.17) is 0 Å². The van der Waals surface area contributed by atoms with Gasteiger partial charge in [-0.05, 0) is 35.2 Å². The van der Waals surface area contributed by atoms with Crippen molar-refractivity contribution in [2.24, 2.45) is 4.99 Å². The zero-order valence-corrected chi connectivity index (χ0v) is 20.2. The number of halogens is 1. The average Bonchev–Trinajstić information content (AvgIpc) is 3.42. The lowest BCUT2D eigenvalue weighted by Crippen LogP contribution is -2.38. The van der Waals surface area contributed by atoms with Gasteiger partial charge in [0.25, 0.3) is 0 Å². The van der Waals surface area contributed by atoms with E-state index in [0.29, 0.717) is 12.5 Å². The Hall–Kier alpha value is -2.40. The van der Waals surface area contributed by atoms with Gasteiger partial charge in [-0.15, -0.1) is 35.3 Å². The van der Waals surface area contributed by atoms with Crippen LogP contribution in [0.5, 0.6) is 0 Å². The van der Waals surface area contributed by atoms with Gasteiger partial charge in [-0.25, -0.2) is 0 Å². The van der Waals surface area contributed by atoms with E-state index in [2.05, 4.69) is 50.5 Å². The van der Waals surface area contributed by atoms with Crippen molar-refractivity contribution in [3.63, 3.8) is 0 Å². The summed E-state index contributed by atoms with van der Waals surface area (Å²) in [7, 11) is 1.76.